The second-order valence-electron chi connectivity index (χ2n) is 4.90. The molecule has 2 nitrogen and oxygen atoms in total. The number of rotatable bonds is 4. The van der Waals surface area contributed by atoms with E-state index in [1.165, 1.54) is 11.6 Å². The summed E-state index contributed by atoms with van der Waals surface area (Å²) in [6.45, 7) is 4.48. The Balaban J connectivity index is 2.05. The lowest BCUT2D eigenvalue weighted by molar-refractivity contribution is 0.543. The fourth-order valence-electron chi connectivity index (χ4n) is 2.04. The average Bonchev–Trinajstić information content (AvgIpc) is 2.46. The number of benzene rings is 2. The third-order valence-electron chi connectivity index (χ3n) is 3.38. The topological polar surface area (TPSA) is 35.8 Å². The van der Waals surface area contributed by atoms with Gasteiger partial charge in [0.2, 0.25) is 0 Å². The van der Waals surface area contributed by atoms with E-state index in [2.05, 4.69) is 29.6 Å². The molecule has 0 saturated heterocycles. The second-order valence-corrected chi connectivity index (χ2v) is 4.90. The molecular formula is C17H17FN2. The molecule has 0 aliphatic heterocycles. The molecule has 0 bridgehead atoms. The molecule has 1 N–H and O–H groups in total. The summed E-state index contributed by atoms with van der Waals surface area (Å²) in [5, 5.41) is 12.1. The minimum atomic E-state index is -0.432. The van der Waals surface area contributed by atoms with Crippen molar-refractivity contribution in [3.05, 3.63) is 70.5 Å². The number of nitrogens with one attached hydrogen (secondary N) is 1. The van der Waals surface area contributed by atoms with Gasteiger partial charge >= 0.3 is 0 Å². The van der Waals surface area contributed by atoms with Crippen molar-refractivity contribution >= 4 is 0 Å². The molecule has 1 atom stereocenters. The highest BCUT2D eigenvalue weighted by molar-refractivity contribution is 5.35. The molecule has 0 aromatic heterocycles. The van der Waals surface area contributed by atoms with Gasteiger partial charge in [-0.1, -0.05) is 42.0 Å². The van der Waals surface area contributed by atoms with E-state index >= 15 is 0 Å². The van der Waals surface area contributed by atoms with Gasteiger partial charge in [0.15, 0.2) is 0 Å². The van der Waals surface area contributed by atoms with Crippen molar-refractivity contribution in [2.45, 2.75) is 26.4 Å². The van der Waals surface area contributed by atoms with Crippen molar-refractivity contribution in [1.29, 1.82) is 5.26 Å². The van der Waals surface area contributed by atoms with E-state index in [0.717, 1.165) is 5.56 Å². The molecule has 0 radical (unpaired) electrons. The van der Waals surface area contributed by atoms with Gasteiger partial charge in [0, 0.05) is 18.2 Å². The molecule has 3 heteroatoms. The smallest absolute Gasteiger partial charge is 0.145 e. The Labute approximate surface area is 118 Å². The lowest BCUT2D eigenvalue weighted by Crippen LogP contribution is -2.19. The molecule has 102 valence electrons. The van der Waals surface area contributed by atoms with Crippen LogP contribution in [-0.2, 0) is 6.54 Å². The number of halogens is 1. The Hall–Kier alpha value is -2.18. The molecule has 0 fully saturated rings. The number of nitriles is 1. The third-order valence-corrected chi connectivity index (χ3v) is 3.38. The quantitative estimate of drug-likeness (QED) is 0.914. The summed E-state index contributed by atoms with van der Waals surface area (Å²) in [7, 11) is 0. The number of nitrogens with zero attached hydrogens (tertiary/aromatic N) is 1. The Bertz CT molecular complexity index is 626. The van der Waals surface area contributed by atoms with Gasteiger partial charge < -0.3 is 5.32 Å². The van der Waals surface area contributed by atoms with Crippen LogP contribution in [0.3, 0.4) is 0 Å². The fourth-order valence-corrected chi connectivity index (χ4v) is 2.04. The second kappa shape index (κ2) is 6.31. The SMILES string of the molecule is Cc1ccc([C@@H](C)NCc2cccc(C#N)c2F)cc1. The predicted octanol–water partition coefficient (Wildman–Crippen LogP) is 3.86. The molecule has 20 heavy (non-hydrogen) atoms. The first-order valence-corrected chi connectivity index (χ1v) is 6.59. The van der Waals surface area contributed by atoms with E-state index in [4.69, 9.17) is 5.26 Å². The van der Waals surface area contributed by atoms with E-state index in [9.17, 15) is 4.39 Å². The normalized spacial score (nSPS) is 11.9. The van der Waals surface area contributed by atoms with E-state index in [-0.39, 0.29) is 11.6 Å². The number of hydrogen-bond donors (Lipinski definition) is 1. The third kappa shape index (κ3) is 3.23. The molecule has 0 unspecified atom stereocenters. The highest BCUT2D eigenvalue weighted by Crippen LogP contribution is 2.16. The first kappa shape index (κ1) is 14.2. The molecule has 0 heterocycles. The van der Waals surface area contributed by atoms with Crippen molar-refractivity contribution in [3.8, 4) is 6.07 Å². The van der Waals surface area contributed by atoms with Crippen LogP contribution in [0.25, 0.3) is 0 Å². The monoisotopic (exact) mass is 268 g/mol. The van der Waals surface area contributed by atoms with Crippen molar-refractivity contribution in [2.75, 3.05) is 0 Å². The maximum Gasteiger partial charge on any atom is 0.145 e. The predicted molar refractivity (Wildman–Crippen MR) is 77.5 cm³/mol. The Kier molecular flexibility index (Phi) is 4.49. The van der Waals surface area contributed by atoms with Gasteiger partial charge in [0.25, 0.3) is 0 Å². The van der Waals surface area contributed by atoms with Crippen LogP contribution in [0.1, 0.15) is 35.2 Å². The molecule has 0 saturated carbocycles. The molecule has 0 amide bonds. The van der Waals surface area contributed by atoms with Gasteiger partial charge in [-0.25, -0.2) is 4.39 Å². The van der Waals surface area contributed by atoms with Crippen LogP contribution in [0.5, 0.6) is 0 Å². The first-order valence-electron chi connectivity index (χ1n) is 6.59. The van der Waals surface area contributed by atoms with Crippen LogP contribution in [0.4, 0.5) is 4.39 Å². The van der Waals surface area contributed by atoms with Crippen molar-refractivity contribution < 1.29 is 4.39 Å². The summed E-state index contributed by atoms with van der Waals surface area (Å²) in [5.41, 5.74) is 2.98. The highest BCUT2D eigenvalue weighted by Gasteiger charge is 2.09. The lowest BCUT2D eigenvalue weighted by Gasteiger charge is -2.15. The van der Waals surface area contributed by atoms with Crippen LogP contribution < -0.4 is 5.32 Å². The van der Waals surface area contributed by atoms with Gasteiger partial charge in [-0.3, -0.25) is 0 Å². The maximum absolute atomic E-state index is 13.9. The zero-order chi connectivity index (χ0) is 14.5. The molecule has 0 aliphatic rings. The zero-order valence-electron chi connectivity index (χ0n) is 11.7. The van der Waals surface area contributed by atoms with E-state index in [1.54, 1.807) is 12.1 Å². The molecule has 0 aliphatic carbocycles. The summed E-state index contributed by atoms with van der Waals surface area (Å²) < 4.78 is 13.9. The van der Waals surface area contributed by atoms with Crippen LogP contribution in [0, 0.1) is 24.1 Å². The highest BCUT2D eigenvalue weighted by atomic mass is 19.1. The Morgan fingerprint density at radius 1 is 1.20 bits per heavy atom. The number of hydrogen-bond acceptors (Lipinski definition) is 2. The van der Waals surface area contributed by atoms with E-state index < -0.39 is 5.82 Å². The Morgan fingerprint density at radius 3 is 2.55 bits per heavy atom. The van der Waals surface area contributed by atoms with Crippen molar-refractivity contribution in [3.63, 3.8) is 0 Å². The molecule has 2 aromatic rings. The molecule has 0 spiro atoms. The van der Waals surface area contributed by atoms with E-state index in [0.29, 0.717) is 12.1 Å². The maximum atomic E-state index is 13.9. The average molecular weight is 268 g/mol. The largest absolute Gasteiger partial charge is 0.306 e. The van der Waals surface area contributed by atoms with E-state index in [1.807, 2.05) is 19.9 Å². The summed E-state index contributed by atoms with van der Waals surface area (Å²) >= 11 is 0. The summed E-state index contributed by atoms with van der Waals surface area (Å²) in [6, 6.07) is 15.1. The number of aryl methyl sites for hydroxylation is 1. The standard InChI is InChI=1S/C17H17FN2/c1-12-6-8-14(9-7-12)13(2)20-11-16-5-3-4-15(10-19)17(16)18/h3-9,13,20H,11H2,1-2H3/t13-/m1/s1. The molecule has 2 rings (SSSR count). The summed E-state index contributed by atoms with van der Waals surface area (Å²) in [4.78, 5) is 0. The first-order chi connectivity index (χ1) is 9.61. The lowest BCUT2D eigenvalue weighted by atomic mass is 10.1. The van der Waals surface area contributed by atoms with Crippen molar-refractivity contribution in [2.24, 2.45) is 0 Å². The molecule has 2 aromatic carbocycles. The van der Waals surface area contributed by atoms with Gasteiger partial charge in [-0.2, -0.15) is 5.26 Å². The summed E-state index contributed by atoms with van der Waals surface area (Å²) in [5.74, 6) is -0.432. The molecular weight excluding hydrogens is 251 g/mol. The van der Waals surface area contributed by atoms with Gasteiger partial charge in [0.1, 0.15) is 11.9 Å². The van der Waals surface area contributed by atoms with Gasteiger partial charge in [0.05, 0.1) is 5.56 Å². The minimum absolute atomic E-state index is 0.0901. The Morgan fingerprint density at radius 2 is 1.90 bits per heavy atom. The van der Waals surface area contributed by atoms with Crippen LogP contribution in [-0.4, -0.2) is 0 Å². The van der Waals surface area contributed by atoms with Crippen LogP contribution in [0.15, 0.2) is 42.5 Å². The fraction of sp³-hybridized carbons (Fsp3) is 0.235. The minimum Gasteiger partial charge on any atom is -0.306 e. The van der Waals surface area contributed by atoms with Crippen molar-refractivity contribution in [1.82, 2.24) is 5.32 Å². The van der Waals surface area contributed by atoms with Gasteiger partial charge in [-0.15, -0.1) is 0 Å². The summed E-state index contributed by atoms with van der Waals surface area (Å²) in [6.07, 6.45) is 0. The van der Waals surface area contributed by atoms with Gasteiger partial charge in [-0.05, 0) is 25.5 Å². The zero-order valence-corrected chi connectivity index (χ0v) is 11.7. The van der Waals surface area contributed by atoms with Crippen LogP contribution >= 0.6 is 0 Å². The van der Waals surface area contributed by atoms with Crippen LogP contribution in [0.2, 0.25) is 0 Å².